The molecule has 9 nitrogen and oxygen atoms in total. The summed E-state index contributed by atoms with van der Waals surface area (Å²) in [4.78, 5) is 62.2. The first kappa shape index (κ1) is 33.2. The Bertz CT molecular complexity index is 1160. The lowest BCUT2D eigenvalue weighted by Crippen LogP contribution is -2.62. The maximum Gasteiger partial charge on any atom is 0.303 e. The molecule has 0 saturated heterocycles. The molecule has 0 aliphatic heterocycles. The van der Waals surface area contributed by atoms with E-state index in [0.29, 0.717) is 25.0 Å². The summed E-state index contributed by atoms with van der Waals surface area (Å²) in [5.41, 5.74) is 0.924. The molecule has 41 heavy (non-hydrogen) atoms. The lowest BCUT2D eigenvalue weighted by molar-refractivity contribution is -0.203. The zero-order chi connectivity index (χ0) is 30.9. The normalized spacial score (nSPS) is 32.4. The molecule has 0 aromatic rings. The van der Waals surface area contributed by atoms with Crippen LogP contribution in [0.15, 0.2) is 22.8 Å². The molecule has 3 aliphatic rings. The Balaban J connectivity index is 2.36. The largest absolute Gasteiger partial charge is 0.461 e. The van der Waals surface area contributed by atoms with Crippen molar-refractivity contribution in [3.05, 3.63) is 22.8 Å². The van der Waals surface area contributed by atoms with Crippen molar-refractivity contribution in [2.24, 2.45) is 22.7 Å². The van der Waals surface area contributed by atoms with E-state index in [1.54, 1.807) is 6.26 Å². The molecule has 1 fully saturated rings. The molecule has 0 aromatic carbocycles. The molecule has 0 N–H and O–H groups in total. The molecule has 0 heterocycles. The van der Waals surface area contributed by atoms with Crippen LogP contribution in [0.5, 0.6) is 0 Å². The van der Waals surface area contributed by atoms with Gasteiger partial charge in [-0.25, -0.2) is 0 Å². The molecular weight excluding hydrogens is 568 g/mol. The molecule has 3 aliphatic carbocycles. The molecule has 0 aromatic heterocycles. The average Bonchev–Trinajstić information content (AvgIpc) is 2.84. The number of rotatable bonds is 6. The van der Waals surface area contributed by atoms with Gasteiger partial charge in [0.1, 0.15) is 12.2 Å². The second-order valence-electron chi connectivity index (χ2n) is 11.9. The molecule has 0 spiro atoms. The Labute approximate surface area is 250 Å². The van der Waals surface area contributed by atoms with Gasteiger partial charge in [0.15, 0.2) is 12.2 Å². The number of carbonyl (C=O) groups is 5. The summed E-state index contributed by atoms with van der Waals surface area (Å²) in [6.07, 6.45) is 1.93. The van der Waals surface area contributed by atoms with Gasteiger partial charge in [0.25, 0.3) is 0 Å². The quantitative estimate of drug-likeness (QED) is 0.211. The SMILES string of the molecule is CSC(=O)SCC1=CC[C@H](OC(C)=O)[C@]2(C)[C@@H]1C[C@@H]1C[C@H](OC(C)=O)C(C)=C([C@@H](OC(C)=O)[C@@H]2OC(C)=O)C1(C)C. The minimum absolute atomic E-state index is 0.0244. The van der Waals surface area contributed by atoms with Gasteiger partial charge in [0.2, 0.25) is 4.45 Å². The highest BCUT2D eigenvalue weighted by Gasteiger charge is 2.62. The van der Waals surface area contributed by atoms with Crippen molar-refractivity contribution in [2.75, 3.05) is 12.0 Å². The molecule has 2 bridgehead atoms. The molecule has 1 saturated carbocycles. The highest BCUT2D eigenvalue weighted by Crippen LogP contribution is 2.60. The van der Waals surface area contributed by atoms with Gasteiger partial charge in [-0.05, 0) is 54.4 Å². The Hall–Kier alpha value is -2.27. The summed E-state index contributed by atoms with van der Waals surface area (Å²) in [5.74, 6) is -1.98. The van der Waals surface area contributed by atoms with Gasteiger partial charge in [-0.2, -0.15) is 0 Å². The minimum atomic E-state index is -1.04. The Morgan fingerprint density at radius 1 is 0.878 bits per heavy atom. The van der Waals surface area contributed by atoms with Gasteiger partial charge in [-0.1, -0.05) is 55.9 Å². The summed E-state index contributed by atoms with van der Waals surface area (Å²) in [7, 11) is 0. The maximum atomic E-state index is 12.7. The fraction of sp³-hybridized carbons (Fsp3) is 0.700. The standard InChI is InChI=1S/C30H42O9S2/c1-15-23(36-16(2)31)13-21-12-22-20(14-41-28(35)40-9)10-11-24(37-17(3)32)30(22,8)27(39-19(5)34)26(38-18(4)33)25(15)29(21,6)7/h10,21-24,26-27H,11-14H2,1-9H3/t21-,22-,23+,24+,26-,27+,30+/m1/s1. The smallest absolute Gasteiger partial charge is 0.303 e. The van der Waals surface area contributed by atoms with Crippen LogP contribution in [0.2, 0.25) is 0 Å². The number of ether oxygens (including phenoxy) is 4. The summed E-state index contributed by atoms with van der Waals surface area (Å²) in [6, 6.07) is 0. The van der Waals surface area contributed by atoms with E-state index < -0.39 is 59.1 Å². The second kappa shape index (κ2) is 12.9. The van der Waals surface area contributed by atoms with Gasteiger partial charge < -0.3 is 18.9 Å². The topological polar surface area (TPSA) is 122 Å². The highest BCUT2D eigenvalue weighted by atomic mass is 32.2. The average molecular weight is 611 g/mol. The third-order valence-electron chi connectivity index (χ3n) is 9.03. The monoisotopic (exact) mass is 610 g/mol. The van der Waals surface area contributed by atoms with Gasteiger partial charge in [-0.15, -0.1) is 0 Å². The first-order valence-electron chi connectivity index (χ1n) is 13.8. The third-order valence-corrected chi connectivity index (χ3v) is 10.9. The maximum absolute atomic E-state index is 12.7. The molecule has 0 amide bonds. The summed E-state index contributed by atoms with van der Waals surface area (Å²) in [6.45, 7) is 13.2. The van der Waals surface area contributed by atoms with E-state index in [1.807, 2.05) is 19.9 Å². The van der Waals surface area contributed by atoms with Crippen LogP contribution < -0.4 is 0 Å². The van der Waals surface area contributed by atoms with Crippen molar-refractivity contribution in [1.82, 2.24) is 0 Å². The molecule has 228 valence electrons. The van der Waals surface area contributed by atoms with Crippen LogP contribution in [0.1, 0.15) is 74.7 Å². The molecular formula is C30H42O9S2. The van der Waals surface area contributed by atoms with Crippen LogP contribution in [-0.4, -0.2) is 64.7 Å². The van der Waals surface area contributed by atoms with Crippen LogP contribution in [0.3, 0.4) is 0 Å². The second-order valence-corrected chi connectivity index (χ2v) is 13.9. The van der Waals surface area contributed by atoms with E-state index in [1.165, 1.54) is 39.5 Å². The van der Waals surface area contributed by atoms with Crippen molar-refractivity contribution in [1.29, 1.82) is 0 Å². The van der Waals surface area contributed by atoms with Crippen molar-refractivity contribution in [3.63, 3.8) is 0 Å². The van der Waals surface area contributed by atoms with E-state index in [9.17, 15) is 24.0 Å². The predicted molar refractivity (Wildman–Crippen MR) is 157 cm³/mol. The van der Waals surface area contributed by atoms with Crippen molar-refractivity contribution in [2.45, 2.75) is 99.1 Å². The molecule has 3 rings (SSSR count). The summed E-state index contributed by atoms with van der Waals surface area (Å²) in [5, 5.41) is 0. The number of fused-ring (bicyclic) bond motifs is 3. The third kappa shape index (κ3) is 6.87. The van der Waals surface area contributed by atoms with Gasteiger partial charge in [0.05, 0.1) is 5.41 Å². The number of esters is 4. The van der Waals surface area contributed by atoms with Crippen LogP contribution in [0.4, 0.5) is 4.79 Å². The predicted octanol–water partition coefficient (Wildman–Crippen LogP) is 5.65. The first-order valence-corrected chi connectivity index (χ1v) is 16.0. The van der Waals surface area contributed by atoms with Crippen molar-refractivity contribution < 1.29 is 42.9 Å². The zero-order valence-electron chi connectivity index (χ0n) is 25.4. The number of hydrogen-bond donors (Lipinski definition) is 0. The van der Waals surface area contributed by atoms with E-state index in [0.717, 1.165) is 28.5 Å². The van der Waals surface area contributed by atoms with Crippen LogP contribution >= 0.6 is 23.5 Å². The zero-order valence-corrected chi connectivity index (χ0v) is 27.0. The Kier molecular flexibility index (Phi) is 10.5. The Morgan fingerprint density at radius 2 is 1.46 bits per heavy atom. The van der Waals surface area contributed by atoms with Crippen LogP contribution in [0, 0.1) is 22.7 Å². The fourth-order valence-electron chi connectivity index (χ4n) is 7.18. The van der Waals surface area contributed by atoms with Crippen LogP contribution in [0.25, 0.3) is 0 Å². The van der Waals surface area contributed by atoms with Gasteiger partial charge in [-0.3, -0.25) is 24.0 Å². The number of carbonyl (C=O) groups excluding carboxylic acids is 5. The summed E-state index contributed by atoms with van der Waals surface area (Å²) >= 11 is 2.34. The van der Waals surface area contributed by atoms with Crippen LogP contribution in [-0.2, 0) is 38.1 Å². The molecule has 0 radical (unpaired) electrons. The lowest BCUT2D eigenvalue weighted by Gasteiger charge is -2.58. The van der Waals surface area contributed by atoms with Gasteiger partial charge >= 0.3 is 23.9 Å². The number of hydrogen-bond acceptors (Lipinski definition) is 11. The fourth-order valence-corrected chi connectivity index (χ4v) is 8.43. The van der Waals surface area contributed by atoms with E-state index >= 15 is 0 Å². The molecule has 11 heteroatoms. The van der Waals surface area contributed by atoms with Gasteiger partial charge in [0, 0.05) is 39.9 Å². The summed E-state index contributed by atoms with van der Waals surface area (Å²) < 4.78 is 23.8. The van der Waals surface area contributed by atoms with Crippen molar-refractivity contribution >= 4 is 51.8 Å². The van der Waals surface area contributed by atoms with E-state index in [2.05, 4.69) is 13.8 Å². The highest BCUT2D eigenvalue weighted by molar-refractivity contribution is 8.38. The van der Waals surface area contributed by atoms with Crippen molar-refractivity contribution in [3.8, 4) is 0 Å². The van der Waals surface area contributed by atoms with E-state index in [4.69, 9.17) is 18.9 Å². The minimum Gasteiger partial charge on any atom is -0.461 e. The lowest BCUT2D eigenvalue weighted by atomic mass is 9.50. The molecule has 0 unspecified atom stereocenters. The van der Waals surface area contributed by atoms with E-state index in [-0.39, 0.29) is 16.3 Å². The molecule has 7 atom stereocenters. The first-order chi connectivity index (χ1) is 19.0. The Morgan fingerprint density at radius 3 is 2.00 bits per heavy atom. The number of thioether (sulfide) groups is 2.